The normalized spacial score (nSPS) is 11.0. The summed E-state index contributed by atoms with van der Waals surface area (Å²) >= 11 is 0. The zero-order valence-electron chi connectivity index (χ0n) is 13.8. The molecule has 0 saturated carbocycles. The lowest BCUT2D eigenvalue weighted by Crippen LogP contribution is -2.07. The molecule has 0 atom stereocenters. The van der Waals surface area contributed by atoms with Crippen LogP contribution in [0.25, 0.3) is 22.2 Å². The smallest absolute Gasteiger partial charge is 0.354 e. The minimum atomic E-state index is -1.06. The van der Waals surface area contributed by atoms with E-state index in [-0.39, 0.29) is 11.5 Å². The first-order chi connectivity index (χ1) is 12.6. The van der Waals surface area contributed by atoms with E-state index >= 15 is 0 Å². The van der Waals surface area contributed by atoms with Gasteiger partial charge in [0, 0.05) is 16.6 Å². The van der Waals surface area contributed by atoms with Gasteiger partial charge in [-0.2, -0.15) is 0 Å². The quantitative estimate of drug-likeness (QED) is 0.588. The Morgan fingerprint density at radius 2 is 1.81 bits per heavy atom. The van der Waals surface area contributed by atoms with Gasteiger partial charge in [0.05, 0.1) is 12.2 Å². The Balaban J connectivity index is 1.87. The number of aromatic carboxylic acids is 1. The Kier molecular flexibility index (Phi) is 3.97. The molecular weight excluding hydrogens is 331 g/mol. The largest absolute Gasteiger partial charge is 0.477 e. The molecule has 4 nitrogen and oxygen atoms in total. The molecule has 0 aliphatic carbocycles. The highest BCUT2D eigenvalue weighted by atomic mass is 19.1. The van der Waals surface area contributed by atoms with Crippen LogP contribution in [0.2, 0.25) is 0 Å². The fraction of sp³-hybridized carbons (Fsp3) is 0.0476. The summed E-state index contributed by atoms with van der Waals surface area (Å²) in [5.41, 5.74) is 3.43. The average molecular weight is 346 g/mol. The van der Waals surface area contributed by atoms with E-state index < -0.39 is 5.97 Å². The molecule has 0 radical (unpaired) electrons. The van der Waals surface area contributed by atoms with Crippen LogP contribution >= 0.6 is 0 Å². The second-order valence-corrected chi connectivity index (χ2v) is 6.00. The van der Waals surface area contributed by atoms with Crippen molar-refractivity contribution in [3.63, 3.8) is 0 Å². The number of pyridine rings is 1. The zero-order valence-corrected chi connectivity index (χ0v) is 13.8. The fourth-order valence-electron chi connectivity index (χ4n) is 3.11. The van der Waals surface area contributed by atoms with Crippen molar-refractivity contribution in [1.29, 1.82) is 0 Å². The molecule has 0 bridgehead atoms. The van der Waals surface area contributed by atoms with Crippen LogP contribution in [-0.4, -0.2) is 20.6 Å². The molecule has 0 aliphatic rings. The number of carboxylic acids is 1. The van der Waals surface area contributed by atoms with E-state index in [0.717, 1.165) is 22.2 Å². The van der Waals surface area contributed by atoms with Crippen molar-refractivity contribution in [3.05, 3.63) is 90.0 Å². The topological polar surface area (TPSA) is 55.1 Å². The number of carbonyl (C=O) groups is 1. The molecule has 0 spiro atoms. The van der Waals surface area contributed by atoms with Crippen LogP contribution in [0.15, 0.2) is 72.8 Å². The summed E-state index contributed by atoms with van der Waals surface area (Å²) in [6.45, 7) is 0.389. The van der Waals surface area contributed by atoms with Gasteiger partial charge in [0.1, 0.15) is 11.5 Å². The van der Waals surface area contributed by atoms with E-state index in [1.807, 2.05) is 41.0 Å². The minimum absolute atomic E-state index is 0.00580. The summed E-state index contributed by atoms with van der Waals surface area (Å²) < 4.78 is 15.7. The number of hydrogen-bond donors (Lipinski definition) is 1. The maximum atomic E-state index is 13.7. The number of aromatic nitrogens is 2. The first-order valence-electron chi connectivity index (χ1n) is 8.15. The van der Waals surface area contributed by atoms with Crippen LogP contribution in [0.3, 0.4) is 0 Å². The molecule has 0 fully saturated rings. The van der Waals surface area contributed by atoms with Crippen molar-refractivity contribution in [3.8, 4) is 11.3 Å². The van der Waals surface area contributed by atoms with Crippen molar-refractivity contribution in [2.75, 3.05) is 0 Å². The second kappa shape index (κ2) is 6.44. The van der Waals surface area contributed by atoms with Crippen LogP contribution < -0.4 is 0 Å². The first-order valence-corrected chi connectivity index (χ1v) is 8.15. The van der Waals surface area contributed by atoms with Gasteiger partial charge >= 0.3 is 5.97 Å². The van der Waals surface area contributed by atoms with Gasteiger partial charge in [0.15, 0.2) is 0 Å². The molecule has 5 heteroatoms. The zero-order chi connectivity index (χ0) is 18.1. The van der Waals surface area contributed by atoms with E-state index in [0.29, 0.717) is 12.2 Å². The van der Waals surface area contributed by atoms with Crippen LogP contribution in [0.4, 0.5) is 4.39 Å². The molecule has 26 heavy (non-hydrogen) atoms. The predicted molar refractivity (Wildman–Crippen MR) is 97.6 cm³/mol. The van der Waals surface area contributed by atoms with E-state index in [1.165, 1.54) is 18.2 Å². The van der Waals surface area contributed by atoms with E-state index in [9.17, 15) is 9.18 Å². The van der Waals surface area contributed by atoms with Crippen molar-refractivity contribution in [2.45, 2.75) is 6.54 Å². The Bertz CT molecular complexity index is 1100. The predicted octanol–water partition coefficient (Wildman–Crippen LogP) is 4.59. The molecule has 2 aromatic heterocycles. The van der Waals surface area contributed by atoms with Gasteiger partial charge in [-0.1, -0.05) is 36.4 Å². The highest BCUT2D eigenvalue weighted by Gasteiger charge is 2.13. The third kappa shape index (κ3) is 2.95. The number of hydrogen-bond acceptors (Lipinski definition) is 2. The summed E-state index contributed by atoms with van der Waals surface area (Å²) in [7, 11) is 0. The van der Waals surface area contributed by atoms with Gasteiger partial charge in [0.2, 0.25) is 0 Å². The summed E-state index contributed by atoms with van der Waals surface area (Å²) in [4.78, 5) is 15.4. The summed E-state index contributed by atoms with van der Waals surface area (Å²) in [5.74, 6) is -1.35. The van der Waals surface area contributed by atoms with E-state index in [4.69, 9.17) is 5.11 Å². The maximum absolute atomic E-state index is 13.7. The molecule has 128 valence electrons. The van der Waals surface area contributed by atoms with Gasteiger partial charge in [-0.3, -0.25) is 0 Å². The van der Waals surface area contributed by atoms with Crippen molar-refractivity contribution >= 4 is 16.9 Å². The monoisotopic (exact) mass is 346 g/mol. The van der Waals surface area contributed by atoms with Gasteiger partial charge in [-0.25, -0.2) is 14.2 Å². The summed E-state index contributed by atoms with van der Waals surface area (Å²) in [5, 5.41) is 9.95. The molecule has 2 aromatic carbocycles. The molecule has 0 saturated heterocycles. The maximum Gasteiger partial charge on any atom is 0.354 e. The average Bonchev–Trinajstić information content (AvgIpc) is 3.00. The standard InChI is InChI=1S/C21H15FN2O2/c22-16-9-10-19-15(11-16)12-20(14-5-2-1-3-6-14)24(19)13-17-7-4-8-18(23-17)21(25)26/h1-12H,13H2,(H,25,26). The highest BCUT2D eigenvalue weighted by molar-refractivity contribution is 5.87. The number of carboxylic acid groups (broad SMARTS) is 1. The minimum Gasteiger partial charge on any atom is -0.477 e. The number of nitrogens with zero attached hydrogens (tertiary/aromatic N) is 2. The molecule has 2 heterocycles. The SMILES string of the molecule is O=C(O)c1cccc(Cn2c(-c3ccccc3)cc3cc(F)ccc32)n1. The van der Waals surface area contributed by atoms with Gasteiger partial charge in [-0.05, 0) is 42.0 Å². The van der Waals surface area contributed by atoms with Gasteiger partial charge in [-0.15, -0.1) is 0 Å². The molecule has 0 amide bonds. The molecule has 4 rings (SSSR count). The Labute approximate surface area is 149 Å². The summed E-state index contributed by atoms with van der Waals surface area (Å²) in [6.07, 6.45) is 0. The van der Waals surface area contributed by atoms with Crippen molar-refractivity contribution in [2.24, 2.45) is 0 Å². The third-order valence-electron chi connectivity index (χ3n) is 4.28. The lowest BCUT2D eigenvalue weighted by atomic mass is 10.1. The molecule has 1 N–H and O–H groups in total. The first kappa shape index (κ1) is 16.0. The molecule has 0 aliphatic heterocycles. The Morgan fingerprint density at radius 1 is 1.00 bits per heavy atom. The third-order valence-corrected chi connectivity index (χ3v) is 4.28. The van der Waals surface area contributed by atoms with Gasteiger partial charge in [0.25, 0.3) is 0 Å². The number of fused-ring (bicyclic) bond motifs is 1. The van der Waals surface area contributed by atoms with E-state index in [1.54, 1.807) is 18.2 Å². The number of benzene rings is 2. The fourth-order valence-corrected chi connectivity index (χ4v) is 3.11. The van der Waals surface area contributed by atoms with Crippen LogP contribution in [0, 0.1) is 5.82 Å². The summed E-state index contributed by atoms with van der Waals surface area (Å²) in [6, 6.07) is 21.3. The Hall–Kier alpha value is -3.47. The van der Waals surface area contributed by atoms with Crippen LogP contribution in [0.5, 0.6) is 0 Å². The van der Waals surface area contributed by atoms with Crippen LogP contribution in [0.1, 0.15) is 16.2 Å². The lowest BCUT2D eigenvalue weighted by molar-refractivity contribution is 0.0690. The molecule has 4 aromatic rings. The molecule has 0 unspecified atom stereocenters. The Morgan fingerprint density at radius 3 is 2.58 bits per heavy atom. The number of rotatable bonds is 4. The van der Waals surface area contributed by atoms with Gasteiger partial charge < -0.3 is 9.67 Å². The highest BCUT2D eigenvalue weighted by Crippen LogP contribution is 2.29. The van der Waals surface area contributed by atoms with E-state index in [2.05, 4.69) is 4.98 Å². The van der Waals surface area contributed by atoms with Crippen LogP contribution in [-0.2, 0) is 6.54 Å². The molecular formula is C21H15FN2O2. The van der Waals surface area contributed by atoms with Crippen molar-refractivity contribution < 1.29 is 14.3 Å². The number of halogens is 1. The second-order valence-electron chi connectivity index (χ2n) is 6.00. The lowest BCUT2D eigenvalue weighted by Gasteiger charge is -2.11. The van der Waals surface area contributed by atoms with Crippen molar-refractivity contribution in [1.82, 2.24) is 9.55 Å².